The van der Waals surface area contributed by atoms with Crippen LogP contribution in [0.4, 0.5) is 17.1 Å². The lowest BCUT2D eigenvalue weighted by molar-refractivity contribution is -0.118. The molecule has 2 rings (SSSR count). The Kier molecular flexibility index (Phi) is 3.53. The van der Waals surface area contributed by atoms with Gasteiger partial charge in [0.25, 0.3) is 5.91 Å². The van der Waals surface area contributed by atoms with Crippen molar-refractivity contribution in [3.05, 3.63) is 12.1 Å². The number of nitrogen functional groups attached to an aromatic ring is 1. The highest BCUT2D eigenvalue weighted by molar-refractivity contribution is 5.97. The van der Waals surface area contributed by atoms with Crippen molar-refractivity contribution in [3.63, 3.8) is 0 Å². The summed E-state index contributed by atoms with van der Waals surface area (Å²) in [4.78, 5) is 11.3. The molecule has 5 N–H and O–H groups in total. The Bertz CT molecular complexity index is 500. The van der Waals surface area contributed by atoms with Crippen LogP contribution in [0.15, 0.2) is 12.1 Å². The van der Waals surface area contributed by atoms with E-state index in [1.54, 1.807) is 19.1 Å². The largest absolute Gasteiger partial charge is 0.482 e. The highest BCUT2D eigenvalue weighted by Crippen LogP contribution is 2.35. The molecule has 0 spiro atoms. The van der Waals surface area contributed by atoms with Gasteiger partial charge in [0.05, 0.1) is 22.7 Å². The number of ether oxygens (including phenoxy) is 1. The van der Waals surface area contributed by atoms with Gasteiger partial charge in [-0.2, -0.15) is 0 Å². The number of benzene rings is 1. The van der Waals surface area contributed by atoms with Crippen LogP contribution in [0, 0.1) is 0 Å². The summed E-state index contributed by atoms with van der Waals surface area (Å²) in [6.45, 7) is 4.04. The molecular formula is C13H19N3O3. The molecule has 0 aromatic heterocycles. The number of aliphatic hydroxyl groups is 1. The van der Waals surface area contributed by atoms with E-state index < -0.39 is 5.60 Å². The Morgan fingerprint density at radius 1 is 1.58 bits per heavy atom. The first-order valence-corrected chi connectivity index (χ1v) is 6.24. The fraction of sp³-hybridized carbons (Fsp3) is 0.462. The molecule has 0 bridgehead atoms. The summed E-state index contributed by atoms with van der Waals surface area (Å²) in [5.74, 6) is 0.369. The van der Waals surface area contributed by atoms with Gasteiger partial charge in [0.15, 0.2) is 6.61 Å². The highest BCUT2D eigenvalue weighted by Gasteiger charge is 2.20. The van der Waals surface area contributed by atoms with Gasteiger partial charge >= 0.3 is 0 Å². The molecule has 1 aromatic carbocycles. The van der Waals surface area contributed by atoms with Gasteiger partial charge in [-0.3, -0.25) is 4.79 Å². The maximum absolute atomic E-state index is 11.3. The second kappa shape index (κ2) is 4.97. The number of amides is 1. The summed E-state index contributed by atoms with van der Waals surface area (Å²) < 4.78 is 5.27. The van der Waals surface area contributed by atoms with Crippen molar-refractivity contribution in [2.45, 2.75) is 25.9 Å². The highest BCUT2D eigenvalue weighted by atomic mass is 16.5. The zero-order valence-electron chi connectivity index (χ0n) is 11.1. The minimum Gasteiger partial charge on any atom is -0.482 e. The molecule has 0 saturated carbocycles. The third-order valence-electron chi connectivity index (χ3n) is 3.21. The van der Waals surface area contributed by atoms with Crippen molar-refractivity contribution < 1.29 is 14.6 Å². The second-order valence-electron chi connectivity index (χ2n) is 4.98. The summed E-state index contributed by atoms with van der Waals surface area (Å²) in [6, 6.07) is 3.38. The lowest BCUT2D eigenvalue weighted by atomic mass is 10.0. The van der Waals surface area contributed by atoms with Crippen LogP contribution in [0.25, 0.3) is 0 Å². The molecular weight excluding hydrogens is 246 g/mol. The molecule has 6 nitrogen and oxygen atoms in total. The summed E-state index contributed by atoms with van der Waals surface area (Å²) in [5.41, 5.74) is 6.88. The van der Waals surface area contributed by atoms with E-state index in [1.165, 1.54) is 0 Å². The molecule has 19 heavy (non-hydrogen) atoms. The van der Waals surface area contributed by atoms with Crippen LogP contribution >= 0.6 is 0 Å². The molecule has 1 aliphatic rings. The van der Waals surface area contributed by atoms with Crippen LogP contribution in [-0.2, 0) is 4.79 Å². The average molecular weight is 265 g/mol. The van der Waals surface area contributed by atoms with Crippen LogP contribution in [0.1, 0.15) is 20.3 Å². The van der Waals surface area contributed by atoms with Crippen LogP contribution in [0.2, 0.25) is 0 Å². The SMILES string of the molecule is CCC(C)(O)CNc1cc2c(cc1N)OCC(=O)N2. The Morgan fingerprint density at radius 2 is 2.32 bits per heavy atom. The number of hydrogen-bond acceptors (Lipinski definition) is 5. The van der Waals surface area contributed by atoms with E-state index in [0.717, 1.165) is 0 Å². The second-order valence-corrected chi connectivity index (χ2v) is 4.98. The van der Waals surface area contributed by atoms with Crippen molar-refractivity contribution >= 4 is 23.0 Å². The van der Waals surface area contributed by atoms with E-state index in [9.17, 15) is 9.90 Å². The van der Waals surface area contributed by atoms with Crippen LogP contribution < -0.4 is 21.1 Å². The Hall–Kier alpha value is -1.95. The lowest BCUT2D eigenvalue weighted by Crippen LogP contribution is -2.32. The maximum atomic E-state index is 11.3. The van der Waals surface area contributed by atoms with Gasteiger partial charge in [-0.25, -0.2) is 0 Å². The minimum absolute atomic E-state index is 0.00373. The normalized spacial score (nSPS) is 16.9. The molecule has 1 heterocycles. The van der Waals surface area contributed by atoms with Crippen LogP contribution in [0.3, 0.4) is 0 Å². The summed E-state index contributed by atoms with van der Waals surface area (Å²) in [5, 5.41) is 15.8. The van der Waals surface area contributed by atoms with Crippen molar-refractivity contribution in [2.24, 2.45) is 0 Å². The monoisotopic (exact) mass is 265 g/mol. The topological polar surface area (TPSA) is 96.6 Å². The predicted octanol–water partition coefficient (Wildman–Crippen LogP) is 1.17. The average Bonchev–Trinajstić information content (AvgIpc) is 2.37. The first-order valence-electron chi connectivity index (χ1n) is 6.24. The number of hydrogen-bond donors (Lipinski definition) is 4. The lowest BCUT2D eigenvalue weighted by Gasteiger charge is -2.24. The van der Waals surface area contributed by atoms with E-state index >= 15 is 0 Å². The summed E-state index contributed by atoms with van der Waals surface area (Å²) in [6.07, 6.45) is 0.630. The quantitative estimate of drug-likeness (QED) is 0.613. The molecule has 1 amide bonds. The van der Waals surface area contributed by atoms with Crippen molar-refractivity contribution in [1.82, 2.24) is 0 Å². The number of carbonyl (C=O) groups excluding carboxylic acids is 1. The number of anilines is 3. The number of nitrogens with two attached hydrogens (primary N) is 1. The number of nitrogens with one attached hydrogen (secondary N) is 2. The van der Waals surface area contributed by atoms with Crippen LogP contribution in [-0.4, -0.2) is 29.8 Å². The molecule has 1 aromatic rings. The van der Waals surface area contributed by atoms with E-state index in [1.807, 2.05) is 6.92 Å². The molecule has 0 radical (unpaired) electrons. The Morgan fingerprint density at radius 3 is 3.00 bits per heavy atom. The van der Waals surface area contributed by atoms with Crippen molar-refractivity contribution in [3.8, 4) is 5.75 Å². The fourth-order valence-electron chi connectivity index (χ4n) is 1.71. The molecule has 0 aliphatic carbocycles. The number of fused-ring (bicyclic) bond motifs is 1. The zero-order chi connectivity index (χ0) is 14.0. The third kappa shape index (κ3) is 3.08. The Balaban J connectivity index is 2.18. The molecule has 0 saturated heterocycles. The standard InChI is InChI=1S/C13H19N3O3/c1-3-13(2,18)7-15-9-5-10-11(4-8(9)14)19-6-12(17)16-10/h4-5,15,18H,3,6-7,14H2,1-2H3,(H,16,17). The van der Waals surface area contributed by atoms with Gasteiger partial charge in [-0.05, 0) is 19.4 Å². The molecule has 1 aliphatic heterocycles. The predicted molar refractivity (Wildman–Crippen MR) is 74.4 cm³/mol. The molecule has 1 atom stereocenters. The first kappa shape index (κ1) is 13.5. The molecule has 104 valence electrons. The summed E-state index contributed by atoms with van der Waals surface area (Å²) in [7, 11) is 0. The van der Waals surface area contributed by atoms with Gasteiger partial charge in [0, 0.05) is 12.6 Å². The molecule has 0 fully saturated rings. The number of carbonyl (C=O) groups is 1. The Labute approximate surface area is 111 Å². The first-order chi connectivity index (χ1) is 8.91. The summed E-state index contributed by atoms with van der Waals surface area (Å²) >= 11 is 0. The zero-order valence-corrected chi connectivity index (χ0v) is 11.1. The third-order valence-corrected chi connectivity index (χ3v) is 3.21. The van der Waals surface area contributed by atoms with Gasteiger partial charge in [0.2, 0.25) is 0 Å². The minimum atomic E-state index is -0.803. The van der Waals surface area contributed by atoms with Gasteiger partial charge in [-0.1, -0.05) is 6.92 Å². The van der Waals surface area contributed by atoms with Crippen molar-refractivity contribution in [2.75, 3.05) is 29.5 Å². The maximum Gasteiger partial charge on any atom is 0.262 e. The van der Waals surface area contributed by atoms with E-state index in [2.05, 4.69) is 10.6 Å². The smallest absolute Gasteiger partial charge is 0.262 e. The van der Waals surface area contributed by atoms with E-state index in [0.29, 0.717) is 35.8 Å². The van der Waals surface area contributed by atoms with E-state index in [4.69, 9.17) is 10.5 Å². The van der Waals surface area contributed by atoms with Crippen molar-refractivity contribution in [1.29, 1.82) is 0 Å². The number of rotatable bonds is 4. The van der Waals surface area contributed by atoms with Crippen LogP contribution in [0.5, 0.6) is 5.75 Å². The molecule has 6 heteroatoms. The van der Waals surface area contributed by atoms with E-state index in [-0.39, 0.29) is 12.5 Å². The molecule has 1 unspecified atom stereocenters. The fourth-order valence-corrected chi connectivity index (χ4v) is 1.71. The van der Waals surface area contributed by atoms with Gasteiger partial charge < -0.3 is 26.2 Å². The van der Waals surface area contributed by atoms with Gasteiger partial charge in [0.1, 0.15) is 5.75 Å². The van der Waals surface area contributed by atoms with Gasteiger partial charge in [-0.15, -0.1) is 0 Å².